The molecule has 4 nitrogen and oxygen atoms in total. The third kappa shape index (κ3) is 3.39. The van der Waals surface area contributed by atoms with Gasteiger partial charge in [-0.15, -0.1) is 0 Å². The molecule has 0 aromatic heterocycles. The lowest BCUT2D eigenvalue weighted by Crippen LogP contribution is -2.15. The molecule has 0 spiro atoms. The molecule has 1 aromatic carbocycles. The quantitative estimate of drug-likeness (QED) is 0.641. The molecule has 1 aromatic rings. The summed E-state index contributed by atoms with van der Waals surface area (Å²) in [6.45, 7) is 4.08. The van der Waals surface area contributed by atoms with Crippen LogP contribution in [0.5, 0.6) is 11.5 Å². The molecule has 2 N–H and O–H groups in total. The van der Waals surface area contributed by atoms with Crippen molar-refractivity contribution in [3.05, 3.63) is 23.8 Å². The maximum absolute atomic E-state index is 5.76. The highest BCUT2D eigenvalue weighted by Crippen LogP contribution is 2.30. The van der Waals surface area contributed by atoms with Crippen LogP contribution in [0.25, 0.3) is 0 Å². The van der Waals surface area contributed by atoms with Gasteiger partial charge in [-0.05, 0) is 30.5 Å². The number of nitrogens with two attached hydrogens (primary N) is 1. The normalized spacial score (nSPS) is 14.6. The predicted molar refractivity (Wildman–Crippen MR) is 72.5 cm³/mol. The lowest BCUT2D eigenvalue weighted by atomic mass is 10.1. The summed E-state index contributed by atoms with van der Waals surface area (Å²) >= 11 is 0. The Morgan fingerprint density at radius 2 is 2.06 bits per heavy atom. The van der Waals surface area contributed by atoms with Gasteiger partial charge in [-0.3, -0.25) is 4.99 Å². The zero-order chi connectivity index (χ0) is 12.8. The monoisotopic (exact) mass is 248 g/mol. The van der Waals surface area contributed by atoms with Gasteiger partial charge in [0.2, 0.25) is 0 Å². The standard InChI is InChI=1S/C14H20N2O2/c1-2-3-14(15)16-7-6-11-4-5-12-13(10-11)18-9-8-17-12/h4-5,10H,2-3,6-9H2,1H3,(H2,15,16). The molecule has 4 heteroatoms. The fraction of sp³-hybridized carbons (Fsp3) is 0.500. The van der Waals surface area contributed by atoms with Gasteiger partial charge in [0.15, 0.2) is 11.5 Å². The second-order valence-electron chi connectivity index (χ2n) is 4.35. The molecule has 0 radical (unpaired) electrons. The van der Waals surface area contributed by atoms with Crippen molar-refractivity contribution in [1.82, 2.24) is 0 Å². The van der Waals surface area contributed by atoms with Gasteiger partial charge < -0.3 is 15.2 Å². The van der Waals surface area contributed by atoms with Crippen molar-refractivity contribution < 1.29 is 9.47 Å². The van der Waals surface area contributed by atoms with E-state index in [0.717, 1.165) is 43.1 Å². The van der Waals surface area contributed by atoms with Crippen molar-refractivity contribution in [3.63, 3.8) is 0 Å². The molecule has 1 aliphatic rings. The molecular weight excluding hydrogens is 228 g/mol. The van der Waals surface area contributed by atoms with Crippen LogP contribution in [0.2, 0.25) is 0 Å². The maximum atomic E-state index is 5.76. The average Bonchev–Trinajstić information content (AvgIpc) is 2.39. The SMILES string of the molecule is CCCC(N)=NCCc1ccc2c(c1)OCCO2. The van der Waals surface area contributed by atoms with Gasteiger partial charge in [-0.25, -0.2) is 0 Å². The third-order valence-electron chi connectivity index (χ3n) is 2.83. The number of aliphatic imine (C=N–C) groups is 1. The Balaban J connectivity index is 1.92. The zero-order valence-corrected chi connectivity index (χ0v) is 10.8. The number of hydrogen-bond acceptors (Lipinski definition) is 3. The molecule has 0 amide bonds. The summed E-state index contributed by atoms with van der Waals surface area (Å²) < 4.78 is 11.0. The van der Waals surface area contributed by atoms with Gasteiger partial charge in [0.1, 0.15) is 13.2 Å². The van der Waals surface area contributed by atoms with Gasteiger partial charge in [0.25, 0.3) is 0 Å². The van der Waals surface area contributed by atoms with Gasteiger partial charge in [-0.1, -0.05) is 13.0 Å². The van der Waals surface area contributed by atoms with Crippen LogP contribution < -0.4 is 15.2 Å². The van der Waals surface area contributed by atoms with Crippen LogP contribution >= 0.6 is 0 Å². The van der Waals surface area contributed by atoms with Gasteiger partial charge in [0, 0.05) is 13.0 Å². The lowest BCUT2D eigenvalue weighted by molar-refractivity contribution is 0.171. The first kappa shape index (κ1) is 12.7. The largest absolute Gasteiger partial charge is 0.486 e. The number of ether oxygens (including phenoxy) is 2. The highest BCUT2D eigenvalue weighted by atomic mass is 16.6. The first-order valence-electron chi connectivity index (χ1n) is 6.47. The van der Waals surface area contributed by atoms with Crippen LogP contribution in [0.4, 0.5) is 0 Å². The highest BCUT2D eigenvalue weighted by Gasteiger charge is 2.11. The van der Waals surface area contributed by atoms with E-state index in [0.29, 0.717) is 13.2 Å². The van der Waals surface area contributed by atoms with E-state index in [2.05, 4.69) is 18.0 Å². The van der Waals surface area contributed by atoms with Crippen molar-refractivity contribution in [2.24, 2.45) is 10.7 Å². The van der Waals surface area contributed by atoms with Crippen LogP contribution in [0, 0.1) is 0 Å². The summed E-state index contributed by atoms with van der Waals surface area (Å²) in [6, 6.07) is 6.04. The Morgan fingerprint density at radius 3 is 2.83 bits per heavy atom. The Kier molecular flexibility index (Phi) is 4.45. The molecule has 2 rings (SSSR count). The fourth-order valence-corrected chi connectivity index (χ4v) is 1.91. The molecule has 1 heterocycles. The number of nitrogens with zero attached hydrogens (tertiary/aromatic N) is 1. The molecule has 1 aliphatic heterocycles. The van der Waals surface area contributed by atoms with Crippen LogP contribution in [0.1, 0.15) is 25.3 Å². The molecule has 0 bridgehead atoms. The summed E-state index contributed by atoms with van der Waals surface area (Å²) in [5.41, 5.74) is 6.97. The summed E-state index contributed by atoms with van der Waals surface area (Å²) in [4.78, 5) is 4.34. The Labute approximate surface area is 108 Å². The van der Waals surface area contributed by atoms with Crippen molar-refractivity contribution in [1.29, 1.82) is 0 Å². The smallest absolute Gasteiger partial charge is 0.161 e. The second kappa shape index (κ2) is 6.28. The van der Waals surface area contributed by atoms with Crippen LogP contribution in [-0.4, -0.2) is 25.6 Å². The number of fused-ring (bicyclic) bond motifs is 1. The molecule has 18 heavy (non-hydrogen) atoms. The fourth-order valence-electron chi connectivity index (χ4n) is 1.91. The molecule has 0 atom stereocenters. The number of hydrogen-bond donors (Lipinski definition) is 1. The Hall–Kier alpha value is -1.71. The first-order valence-corrected chi connectivity index (χ1v) is 6.47. The summed E-state index contributed by atoms with van der Waals surface area (Å²) in [5.74, 6) is 2.42. The van der Waals surface area contributed by atoms with E-state index in [1.165, 1.54) is 5.56 Å². The van der Waals surface area contributed by atoms with Gasteiger partial charge >= 0.3 is 0 Å². The first-order chi connectivity index (χ1) is 8.79. The summed E-state index contributed by atoms with van der Waals surface area (Å²) in [7, 11) is 0. The number of rotatable bonds is 5. The average molecular weight is 248 g/mol. The molecule has 0 fully saturated rings. The minimum Gasteiger partial charge on any atom is -0.486 e. The third-order valence-corrected chi connectivity index (χ3v) is 2.83. The van der Waals surface area contributed by atoms with E-state index in [1.807, 2.05) is 12.1 Å². The van der Waals surface area contributed by atoms with E-state index in [1.54, 1.807) is 0 Å². The Morgan fingerprint density at radius 1 is 1.28 bits per heavy atom. The summed E-state index contributed by atoms with van der Waals surface area (Å²) in [5, 5.41) is 0. The number of amidine groups is 1. The van der Waals surface area contributed by atoms with E-state index in [-0.39, 0.29) is 0 Å². The van der Waals surface area contributed by atoms with E-state index < -0.39 is 0 Å². The minimum atomic E-state index is 0.623. The minimum absolute atomic E-state index is 0.623. The predicted octanol–water partition coefficient (Wildman–Crippen LogP) is 2.16. The lowest BCUT2D eigenvalue weighted by Gasteiger charge is -2.18. The second-order valence-corrected chi connectivity index (χ2v) is 4.35. The van der Waals surface area contributed by atoms with E-state index in [4.69, 9.17) is 15.2 Å². The van der Waals surface area contributed by atoms with Crippen molar-refractivity contribution in [2.45, 2.75) is 26.2 Å². The maximum Gasteiger partial charge on any atom is 0.161 e. The molecule has 0 aliphatic carbocycles. The van der Waals surface area contributed by atoms with Crippen LogP contribution in [0.15, 0.2) is 23.2 Å². The Bertz CT molecular complexity index is 430. The molecule has 0 saturated heterocycles. The molecule has 98 valence electrons. The molecular formula is C14H20N2O2. The van der Waals surface area contributed by atoms with Gasteiger partial charge in [-0.2, -0.15) is 0 Å². The van der Waals surface area contributed by atoms with Crippen molar-refractivity contribution >= 4 is 5.84 Å². The van der Waals surface area contributed by atoms with E-state index >= 15 is 0 Å². The van der Waals surface area contributed by atoms with Gasteiger partial charge in [0.05, 0.1) is 5.84 Å². The highest BCUT2D eigenvalue weighted by molar-refractivity contribution is 5.80. The van der Waals surface area contributed by atoms with Crippen molar-refractivity contribution in [3.8, 4) is 11.5 Å². The zero-order valence-electron chi connectivity index (χ0n) is 10.8. The molecule has 0 saturated carbocycles. The topological polar surface area (TPSA) is 56.8 Å². The van der Waals surface area contributed by atoms with Crippen molar-refractivity contribution in [2.75, 3.05) is 19.8 Å². The van der Waals surface area contributed by atoms with Crippen LogP contribution in [-0.2, 0) is 6.42 Å². The molecule has 0 unspecified atom stereocenters. The summed E-state index contributed by atoms with van der Waals surface area (Å²) in [6.07, 6.45) is 2.79. The number of benzene rings is 1. The van der Waals surface area contributed by atoms with E-state index in [9.17, 15) is 0 Å². The van der Waals surface area contributed by atoms with Crippen LogP contribution in [0.3, 0.4) is 0 Å².